The molecule has 0 radical (unpaired) electrons. The number of hydrogen-bond donors (Lipinski definition) is 4. The fourth-order valence-corrected chi connectivity index (χ4v) is 2.47. The molecule has 0 aliphatic rings. The molecule has 9 nitrogen and oxygen atoms in total. The van der Waals surface area contributed by atoms with E-state index in [1.807, 2.05) is 39.0 Å². The van der Waals surface area contributed by atoms with Crippen LogP contribution < -0.4 is 21.5 Å². The first-order valence-electron chi connectivity index (χ1n) is 9.30. The predicted octanol–water partition coefficient (Wildman–Crippen LogP) is 3.02. The van der Waals surface area contributed by atoms with E-state index in [1.54, 1.807) is 42.7 Å². The van der Waals surface area contributed by atoms with Gasteiger partial charge in [-0.25, -0.2) is 20.2 Å². The molecule has 3 amide bonds. The molecule has 1 aromatic carbocycles. The second-order valence-electron chi connectivity index (χ2n) is 7.47. The Morgan fingerprint density at radius 2 is 1.60 bits per heavy atom. The molecule has 2 heterocycles. The molecule has 30 heavy (non-hydrogen) atoms. The molecule has 0 spiro atoms. The molecule has 4 N–H and O–H groups in total. The van der Waals surface area contributed by atoms with Gasteiger partial charge in [0, 0.05) is 29.2 Å². The van der Waals surface area contributed by atoms with Gasteiger partial charge in [-0.2, -0.15) is 0 Å². The summed E-state index contributed by atoms with van der Waals surface area (Å²) in [5, 5.41) is 5.78. The van der Waals surface area contributed by atoms with E-state index < -0.39 is 17.5 Å². The zero-order chi connectivity index (χ0) is 21.6. The van der Waals surface area contributed by atoms with Gasteiger partial charge in [-0.05, 0) is 63.2 Å². The highest BCUT2D eigenvalue weighted by atomic mass is 16.2. The number of nitrogens with zero attached hydrogens (tertiary/aromatic N) is 3. The van der Waals surface area contributed by atoms with E-state index in [4.69, 9.17) is 0 Å². The number of carbonyl (C=O) groups excluding carboxylic acids is 2. The summed E-state index contributed by atoms with van der Waals surface area (Å²) in [5.74, 6) is -0.0186. The van der Waals surface area contributed by atoms with Crippen LogP contribution in [0.15, 0.2) is 60.9 Å². The minimum atomic E-state index is -0.487. The number of rotatable bonds is 4. The van der Waals surface area contributed by atoms with Crippen LogP contribution in [0.5, 0.6) is 0 Å². The zero-order valence-corrected chi connectivity index (χ0v) is 16.9. The maximum absolute atomic E-state index is 12.2. The normalized spacial score (nSPS) is 10.8. The van der Waals surface area contributed by atoms with Crippen LogP contribution in [0, 0.1) is 0 Å². The summed E-state index contributed by atoms with van der Waals surface area (Å²) in [4.78, 5) is 36.8. The van der Waals surface area contributed by atoms with E-state index in [-0.39, 0.29) is 0 Å². The van der Waals surface area contributed by atoms with Gasteiger partial charge in [0.25, 0.3) is 5.91 Å². The highest BCUT2D eigenvalue weighted by Crippen LogP contribution is 2.18. The number of hydrogen-bond acceptors (Lipinski definition) is 6. The van der Waals surface area contributed by atoms with Crippen molar-refractivity contribution in [3.05, 3.63) is 66.5 Å². The summed E-state index contributed by atoms with van der Waals surface area (Å²) in [5.41, 5.74) is 6.83. The maximum atomic E-state index is 12.2. The Kier molecular flexibility index (Phi) is 6.21. The molecule has 9 heteroatoms. The van der Waals surface area contributed by atoms with Crippen molar-refractivity contribution >= 4 is 23.6 Å². The smallest absolute Gasteiger partial charge is 0.332 e. The molecule has 0 saturated carbocycles. The predicted molar refractivity (Wildman–Crippen MR) is 114 cm³/mol. The van der Waals surface area contributed by atoms with E-state index in [1.165, 1.54) is 0 Å². The van der Waals surface area contributed by atoms with Gasteiger partial charge in [-0.15, -0.1) is 0 Å². The van der Waals surface area contributed by atoms with E-state index in [9.17, 15) is 9.59 Å². The molecule has 0 saturated heterocycles. The van der Waals surface area contributed by atoms with Crippen LogP contribution in [0.2, 0.25) is 0 Å². The van der Waals surface area contributed by atoms with Gasteiger partial charge in [0.15, 0.2) is 0 Å². The topological polar surface area (TPSA) is 121 Å². The Bertz CT molecular complexity index is 1020. The van der Waals surface area contributed by atoms with Gasteiger partial charge in [-0.1, -0.05) is 6.07 Å². The third-order valence-corrected chi connectivity index (χ3v) is 3.76. The first kappa shape index (κ1) is 20.7. The first-order chi connectivity index (χ1) is 14.3. The average molecular weight is 405 g/mol. The van der Waals surface area contributed by atoms with Crippen LogP contribution >= 0.6 is 0 Å². The molecular formula is C21H23N7O2. The second kappa shape index (κ2) is 8.99. The summed E-state index contributed by atoms with van der Waals surface area (Å²) in [6.45, 7) is 5.53. The Morgan fingerprint density at radius 3 is 2.27 bits per heavy atom. The molecule has 0 fully saturated rings. The van der Waals surface area contributed by atoms with Crippen molar-refractivity contribution in [3.63, 3.8) is 0 Å². The van der Waals surface area contributed by atoms with Crippen LogP contribution in [-0.2, 0) is 0 Å². The Hall–Kier alpha value is -4.01. The summed E-state index contributed by atoms with van der Waals surface area (Å²) < 4.78 is 0. The molecule has 2 aromatic heterocycles. The van der Waals surface area contributed by atoms with Crippen LogP contribution in [0.25, 0.3) is 11.4 Å². The SMILES string of the molecule is CC(C)(C)NC(=O)NNC(=O)c1ccc(Nc2nccc(-c3ccccn3)n2)cc1. The number of nitrogens with one attached hydrogen (secondary N) is 4. The number of carbonyl (C=O) groups is 2. The Morgan fingerprint density at radius 1 is 0.833 bits per heavy atom. The highest BCUT2D eigenvalue weighted by molar-refractivity contribution is 5.95. The van der Waals surface area contributed by atoms with E-state index >= 15 is 0 Å². The van der Waals surface area contributed by atoms with Crippen LogP contribution in [-0.4, -0.2) is 32.4 Å². The number of urea groups is 1. The van der Waals surface area contributed by atoms with Crippen LogP contribution in [0.1, 0.15) is 31.1 Å². The largest absolute Gasteiger partial charge is 0.333 e. The van der Waals surface area contributed by atoms with Gasteiger partial charge in [0.2, 0.25) is 5.95 Å². The van der Waals surface area contributed by atoms with Crippen molar-refractivity contribution in [1.82, 2.24) is 31.1 Å². The molecule has 0 unspecified atom stereocenters. The monoisotopic (exact) mass is 405 g/mol. The second-order valence-corrected chi connectivity index (χ2v) is 7.47. The number of hydrazine groups is 1. The number of anilines is 2. The van der Waals surface area contributed by atoms with E-state index in [0.29, 0.717) is 22.9 Å². The summed E-state index contributed by atoms with van der Waals surface area (Å²) in [6.07, 6.45) is 3.35. The van der Waals surface area contributed by atoms with Gasteiger partial charge in [-0.3, -0.25) is 15.2 Å². The van der Waals surface area contributed by atoms with Crippen molar-refractivity contribution in [2.45, 2.75) is 26.3 Å². The molecule has 0 atom stereocenters. The molecule has 154 valence electrons. The van der Waals surface area contributed by atoms with E-state index in [0.717, 1.165) is 5.69 Å². The highest BCUT2D eigenvalue weighted by Gasteiger charge is 2.14. The first-order valence-corrected chi connectivity index (χ1v) is 9.30. The van der Waals surface area contributed by atoms with Crippen LogP contribution in [0.3, 0.4) is 0 Å². The van der Waals surface area contributed by atoms with Crippen molar-refractivity contribution < 1.29 is 9.59 Å². The maximum Gasteiger partial charge on any atom is 0.333 e. The number of amides is 3. The van der Waals surface area contributed by atoms with Crippen LogP contribution in [0.4, 0.5) is 16.4 Å². The average Bonchev–Trinajstić information content (AvgIpc) is 2.72. The van der Waals surface area contributed by atoms with Gasteiger partial charge < -0.3 is 10.6 Å². The van der Waals surface area contributed by atoms with Crippen molar-refractivity contribution in [2.75, 3.05) is 5.32 Å². The third kappa shape index (κ3) is 5.99. The minimum absolute atomic E-state index is 0.389. The molecule has 3 aromatic rings. The molecule has 3 rings (SSSR count). The van der Waals surface area contributed by atoms with Gasteiger partial charge in [0.1, 0.15) is 0 Å². The third-order valence-electron chi connectivity index (χ3n) is 3.76. The van der Waals surface area contributed by atoms with Crippen molar-refractivity contribution in [1.29, 1.82) is 0 Å². The minimum Gasteiger partial charge on any atom is -0.332 e. The molecular weight excluding hydrogens is 382 g/mol. The van der Waals surface area contributed by atoms with Gasteiger partial charge >= 0.3 is 6.03 Å². The fraction of sp³-hybridized carbons (Fsp3) is 0.190. The number of benzene rings is 1. The van der Waals surface area contributed by atoms with Gasteiger partial charge in [0.05, 0.1) is 11.4 Å². The van der Waals surface area contributed by atoms with E-state index in [2.05, 4.69) is 36.4 Å². The Balaban J connectivity index is 1.60. The molecule has 0 bridgehead atoms. The number of aromatic nitrogens is 3. The summed E-state index contributed by atoms with van der Waals surface area (Å²) in [7, 11) is 0. The molecule has 0 aliphatic heterocycles. The van der Waals surface area contributed by atoms with Crippen molar-refractivity contribution in [3.8, 4) is 11.4 Å². The lowest BCUT2D eigenvalue weighted by molar-refractivity contribution is 0.0935. The lowest BCUT2D eigenvalue weighted by atomic mass is 10.1. The lowest BCUT2D eigenvalue weighted by Crippen LogP contribution is -2.52. The summed E-state index contributed by atoms with van der Waals surface area (Å²) >= 11 is 0. The number of pyridine rings is 1. The fourth-order valence-electron chi connectivity index (χ4n) is 2.47. The quantitative estimate of drug-likeness (QED) is 0.495. The summed E-state index contributed by atoms with van der Waals surface area (Å²) in [6, 6.07) is 13.6. The molecule has 0 aliphatic carbocycles. The lowest BCUT2D eigenvalue weighted by Gasteiger charge is -2.20. The zero-order valence-electron chi connectivity index (χ0n) is 16.9. The standard InChI is InChI=1S/C21H23N7O2/c1-21(2,3)26-20(30)28-27-18(29)14-7-9-15(10-8-14)24-19-23-13-11-17(25-19)16-6-4-5-12-22-16/h4-13H,1-3H3,(H,27,29)(H,23,24,25)(H2,26,28,30). The Labute approximate surface area is 174 Å². The van der Waals surface area contributed by atoms with Crippen molar-refractivity contribution in [2.24, 2.45) is 0 Å².